The first kappa shape index (κ1) is 24.3. The molecule has 1 aromatic carbocycles. The van der Waals surface area contributed by atoms with Crippen LogP contribution >= 0.6 is 0 Å². The second-order valence-corrected chi connectivity index (χ2v) is 11.3. The molecule has 2 fully saturated rings. The van der Waals surface area contributed by atoms with Crippen molar-refractivity contribution in [3.8, 4) is 0 Å². The number of carbonyl (C=O) groups is 1. The summed E-state index contributed by atoms with van der Waals surface area (Å²) in [5.41, 5.74) is 4.52. The minimum atomic E-state index is -0.00994. The Labute approximate surface area is 219 Å². The van der Waals surface area contributed by atoms with E-state index in [0.29, 0.717) is 12.5 Å². The van der Waals surface area contributed by atoms with Crippen molar-refractivity contribution in [1.82, 2.24) is 29.7 Å². The van der Waals surface area contributed by atoms with E-state index >= 15 is 0 Å². The maximum atomic E-state index is 13.2. The van der Waals surface area contributed by atoms with Crippen LogP contribution in [-0.4, -0.2) is 63.0 Å². The van der Waals surface area contributed by atoms with Crippen LogP contribution in [0.5, 0.6) is 0 Å². The largest absolute Gasteiger partial charge is 0.355 e. The zero-order valence-corrected chi connectivity index (χ0v) is 22.0. The maximum Gasteiger partial charge on any atom is 0.224 e. The highest BCUT2D eigenvalue weighted by molar-refractivity contribution is 5.85. The van der Waals surface area contributed by atoms with Gasteiger partial charge in [-0.3, -0.25) is 9.69 Å². The summed E-state index contributed by atoms with van der Waals surface area (Å²) in [6.07, 6.45) is 9.35. The monoisotopic (exact) mass is 501 g/mol. The lowest BCUT2D eigenvalue weighted by Crippen LogP contribution is -2.44. The molecule has 3 aliphatic rings. The number of carbonyl (C=O) groups excluding carboxylic acids is 1. The van der Waals surface area contributed by atoms with Crippen LogP contribution in [0.2, 0.25) is 0 Å². The smallest absolute Gasteiger partial charge is 0.224 e. The number of benzene rings is 1. The zero-order valence-electron chi connectivity index (χ0n) is 22.0. The minimum absolute atomic E-state index is 0.00994. The quantitative estimate of drug-likeness (QED) is 0.555. The summed E-state index contributed by atoms with van der Waals surface area (Å²) in [5, 5.41) is 3.30. The summed E-state index contributed by atoms with van der Waals surface area (Å²) in [5.74, 6) is 2.73. The lowest BCUT2D eigenvalue weighted by Gasteiger charge is -2.33. The highest BCUT2D eigenvalue weighted by Gasteiger charge is 2.30. The third-order valence-corrected chi connectivity index (χ3v) is 8.43. The fourth-order valence-corrected chi connectivity index (χ4v) is 6.30. The van der Waals surface area contributed by atoms with Gasteiger partial charge in [0.05, 0.1) is 5.92 Å². The number of aromatic nitrogens is 4. The van der Waals surface area contributed by atoms with Gasteiger partial charge >= 0.3 is 0 Å². The van der Waals surface area contributed by atoms with Gasteiger partial charge < -0.3 is 14.8 Å². The molecule has 0 aliphatic carbocycles. The van der Waals surface area contributed by atoms with Gasteiger partial charge in [0.1, 0.15) is 12.2 Å². The molecule has 0 saturated carbocycles. The third kappa shape index (κ3) is 5.35. The fourth-order valence-electron chi connectivity index (χ4n) is 6.30. The van der Waals surface area contributed by atoms with Gasteiger partial charge in [0.15, 0.2) is 17.0 Å². The van der Waals surface area contributed by atoms with E-state index in [-0.39, 0.29) is 11.8 Å². The molecule has 0 radical (unpaired) electrons. The Hall–Kier alpha value is -3.00. The van der Waals surface area contributed by atoms with E-state index in [0.717, 1.165) is 87.8 Å². The molecule has 8 nitrogen and oxygen atoms in total. The van der Waals surface area contributed by atoms with Gasteiger partial charge in [0.2, 0.25) is 5.91 Å². The Balaban J connectivity index is 1.05. The highest BCUT2D eigenvalue weighted by Crippen LogP contribution is 2.29. The molecule has 0 bridgehead atoms. The minimum Gasteiger partial charge on any atom is -0.355 e. The van der Waals surface area contributed by atoms with E-state index in [2.05, 4.69) is 60.8 Å². The average Bonchev–Trinajstić information content (AvgIpc) is 3.44. The van der Waals surface area contributed by atoms with Crippen LogP contribution in [0, 0.1) is 18.8 Å². The molecule has 2 atom stereocenters. The molecule has 3 aliphatic heterocycles. The van der Waals surface area contributed by atoms with Crippen LogP contribution in [-0.2, 0) is 24.3 Å². The van der Waals surface area contributed by atoms with E-state index in [1.807, 2.05) is 0 Å². The van der Waals surface area contributed by atoms with Gasteiger partial charge in [0.25, 0.3) is 0 Å². The third-order valence-electron chi connectivity index (χ3n) is 8.43. The molecule has 0 spiro atoms. The summed E-state index contributed by atoms with van der Waals surface area (Å²) in [6.45, 7) is 8.64. The van der Waals surface area contributed by atoms with Crippen LogP contribution in [0.3, 0.4) is 0 Å². The van der Waals surface area contributed by atoms with Gasteiger partial charge in [-0.2, -0.15) is 0 Å². The Morgan fingerprint density at radius 3 is 2.78 bits per heavy atom. The predicted molar refractivity (Wildman–Crippen MR) is 145 cm³/mol. The molecule has 0 unspecified atom stereocenters. The predicted octanol–water partition coefficient (Wildman–Crippen LogP) is 3.72. The molecular formula is C29H39N7O. The topological polar surface area (TPSA) is 79.2 Å². The number of nitrogens with one attached hydrogen (secondary N) is 1. The number of anilines is 1. The molecular weight excluding hydrogens is 462 g/mol. The van der Waals surface area contributed by atoms with Gasteiger partial charge in [-0.15, -0.1) is 0 Å². The number of imidazole rings is 1. The number of hydrogen-bond acceptors (Lipinski definition) is 6. The molecule has 8 heteroatoms. The summed E-state index contributed by atoms with van der Waals surface area (Å²) >= 11 is 0. The fraction of sp³-hybridized carbons (Fsp3) is 0.586. The normalized spacial score (nSPS) is 22.7. The lowest BCUT2D eigenvalue weighted by atomic mass is 9.96. The van der Waals surface area contributed by atoms with Crippen LogP contribution in [0.15, 0.2) is 30.6 Å². The number of aryl methyl sites for hydroxylation is 3. The number of likely N-dealkylation sites (tertiary alicyclic amines) is 1. The van der Waals surface area contributed by atoms with E-state index < -0.39 is 0 Å². The summed E-state index contributed by atoms with van der Waals surface area (Å²) < 4.78 is 2.28. The number of rotatable bonds is 6. The van der Waals surface area contributed by atoms with Gasteiger partial charge in [0, 0.05) is 45.7 Å². The number of amides is 1. The van der Waals surface area contributed by atoms with Crippen molar-refractivity contribution in [2.45, 2.75) is 65.0 Å². The van der Waals surface area contributed by atoms with E-state index in [1.165, 1.54) is 30.4 Å². The van der Waals surface area contributed by atoms with Crippen LogP contribution < -0.4 is 10.2 Å². The first-order valence-electron chi connectivity index (χ1n) is 14.1. The molecule has 5 heterocycles. The number of nitrogens with zero attached hydrogens (tertiary/aromatic N) is 6. The van der Waals surface area contributed by atoms with E-state index in [4.69, 9.17) is 4.98 Å². The Morgan fingerprint density at radius 2 is 1.89 bits per heavy atom. The number of piperidine rings is 1. The van der Waals surface area contributed by atoms with Crippen LogP contribution in [0.4, 0.5) is 5.82 Å². The summed E-state index contributed by atoms with van der Waals surface area (Å²) in [4.78, 5) is 32.2. The van der Waals surface area contributed by atoms with Crippen molar-refractivity contribution in [2.75, 3.05) is 37.6 Å². The Bertz CT molecular complexity index is 1240. The Kier molecular flexibility index (Phi) is 7.09. The summed E-state index contributed by atoms with van der Waals surface area (Å²) in [6, 6.07) is 8.83. The van der Waals surface area contributed by atoms with Crippen molar-refractivity contribution in [2.24, 2.45) is 11.8 Å². The van der Waals surface area contributed by atoms with Gasteiger partial charge in [-0.25, -0.2) is 15.0 Å². The van der Waals surface area contributed by atoms with Crippen molar-refractivity contribution in [3.05, 3.63) is 47.5 Å². The molecule has 2 saturated heterocycles. The molecule has 1 N–H and O–H groups in total. The van der Waals surface area contributed by atoms with Crippen molar-refractivity contribution in [1.29, 1.82) is 0 Å². The maximum absolute atomic E-state index is 13.2. The van der Waals surface area contributed by atoms with Crippen molar-refractivity contribution >= 4 is 22.9 Å². The summed E-state index contributed by atoms with van der Waals surface area (Å²) in [7, 11) is 0. The van der Waals surface area contributed by atoms with Crippen molar-refractivity contribution in [3.63, 3.8) is 0 Å². The van der Waals surface area contributed by atoms with Crippen LogP contribution in [0.1, 0.15) is 55.5 Å². The molecule has 2 aromatic heterocycles. The molecule has 1 amide bonds. The van der Waals surface area contributed by atoms with Crippen molar-refractivity contribution < 1.29 is 4.79 Å². The van der Waals surface area contributed by atoms with E-state index in [1.54, 1.807) is 6.33 Å². The molecule has 6 rings (SSSR count). The second kappa shape index (κ2) is 10.8. The van der Waals surface area contributed by atoms with Gasteiger partial charge in [-0.05, 0) is 57.1 Å². The average molecular weight is 502 g/mol. The first-order chi connectivity index (χ1) is 18.1. The second-order valence-electron chi connectivity index (χ2n) is 11.3. The first-order valence-corrected chi connectivity index (χ1v) is 14.1. The SMILES string of the molecule is Cc1ccc(CN2CC[C@@H](CNC(=O)[C@H]3CCCN(c4ncnc5c4nc4n5CCCCC4)C3)C2)cc1. The number of fused-ring (bicyclic) bond motifs is 3. The lowest BCUT2D eigenvalue weighted by molar-refractivity contribution is -0.125. The number of hydrogen-bond donors (Lipinski definition) is 1. The highest BCUT2D eigenvalue weighted by atomic mass is 16.1. The van der Waals surface area contributed by atoms with E-state index in [9.17, 15) is 4.79 Å². The molecule has 196 valence electrons. The zero-order chi connectivity index (χ0) is 25.2. The molecule has 37 heavy (non-hydrogen) atoms. The van der Waals surface area contributed by atoms with Gasteiger partial charge in [-0.1, -0.05) is 36.2 Å². The van der Waals surface area contributed by atoms with Crippen LogP contribution in [0.25, 0.3) is 11.2 Å². The Morgan fingerprint density at radius 1 is 1.00 bits per heavy atom. The molecule has 3 aromatic rings. The standard InChI is InChI=1S/C29H39N7O/c1-21-8-10-22(11-9-21)17-34-15-12-23(18-34)16-30-29(37)24-6-5-13-35(19-24)27-26-28(32-20-31-27)36-14-4-2-3-7-25(36)33-26/h8-11,20,23-24H,2-7,12-19H2,1H3,(H,30,37)/t23-,24-/m0/s1.